The van der Waals surface area contributed by atoms with Gasteiger partial charge in [-0.2, -0.15) is 0 Å². The van der Waals surface area contributed by atoms with Crippen molar-refractivity contribution in [3.63, 3.8) is 0 Å². The Balaban J connectivity index is 1.66. The Bertz CT molecular complexity index is 905. The molecule has 1 N–H and O–H groups in total. The predicted molar refractivity (Wildman–Crippen MR) is 115 cm³/mol. The number of nitrogens with one attached hydrogen (secondary N) is 1. The van der Waals surface area contributed by atoms with E-state index in [9.17, 15) is 14.0 Å². The van der Waals surface area contributed by atoms with Crippen molar-refractivity contribution in [3.05, 3.63) is 65.5 Å². The maximum atomic E-state index is 13.1. The van der Waals surface area contributed by atoms with Crippen molar-refractivity contribution < 1.29 is 18.7 Å². The van der Waals surface area contributed by atoms with Gasteiger partial charge in [0.2, 0.25) is 5.91 Å². The van der Waals surface area contributed by atoms with Gasteiger partial charge in [-0.25, -0.2) is 9.18 Å². The van der Waals surface area contributed by atoms with Crippen LogP contribution in [0.1, 0.15) is 51.2 Å². The molecule has 2 aromatic rings. The molecule has 2 aromatic carbocycles. The van der Waals surface area contributed by atoms with Crippen LogP contribution in [0.25, 0.3) is 0 Å². The van der Waals surface area contributed by atoms with Gasteiger partial charge in [-0.05, 0) is 69.4 Å². The van der Waals surface area contributed by atoms with Gasteiger partial charge >= 0.3 is 6.09 Å². The highest BCUT2D eigenvalue weighted by Gasteiger charge is 2.44. The first-order valence-electron chi connectivity index (χ1n) is 10.3. The molecule has 0 heterocycles. The molecule has 1 saturated carbocycles. The van der Waals surface area contributed by atoms with Gasteiger partial charge in [-0.3, -0.25) is 4.79 Å². The highest BCUT2D eigenvalue weighted by atomic mass is 19.1. The molecule has 0 bridgehead atoms. The number of rotatable bonds is 6. The van der Waals surface area contributed by atoms with E-state index in [1.807, 2.05) is 52.0 Å². The Labute approximate surface area is 177 Å². The summed E-state index contributed by atoms with van der Waals surface area (Å²) < 4.78 is 18.6. The fourth-order valence-electron chi connectivity index (χ4n) is 3.41. The van der Waals surface area contributed by atoms with E-state index in [0.29, 0.717) is 18.8 Å². The summed E-state index contributed by atoms with van der Waals surface area (Å²) in [6.45, 7) is 8.23. The standard InChI is InChI=1S/C24H29FN2O3/c1-5-27(23(29)30-24(2,3)4)15-17-8-6-7-9-21(17)26-22(28)20-14-19(20)16-10-12-18(25)13-11-16/h6-13,19-20H,5,14-15H2,1-4H3,(H,26,28). The fourth-order valence-corrected chi connectivity index (χ4v) is 3.41. The second kappa shape index (κ2) is 8.86. The molecule has 0 spiro atoms. The summed E-state index contributed by atoms with van der Waals surface area (Å²) in [6, 6.07) is 13.8. The zero-order valence-electron chi connectivity index (χ0n) is 17.9. The number of nitrogens with zero attached hydrogens (tertiary/aromatic N) is 1. The predicted octanol–water partition coefficient (Wildman–Crippen LogP) is 5.32. The summed E-state index contributed by atoms with van der Waals surface area (Å²) >= 11 is 0. The Morgan fingerprint density at radius 1 is 1.13 bits per heavy atom. The Kier molecular flexibility index (Phi) is 6.44. The van der Waals surface area contributed by atoms with Crippen molar-refractivity contribution in [2.75, 3.05) is 11.9 Å². The lowest BCUT2D eigenvalue weighted by atomic mass is 10.1. The number of para-hydroxylation sites is 1. The number of amides is 2. The first-order chi connectivity index (χ1) is 14.2. The molecule has 3 rings (SSSR count). The van der Waals surface area contributed by atoms with Crippen LogP contribution >= 0.6 is 0 Å². The van der Waals surface area contributed by atoms with E-state index in [4.69, 9.17) is 4.74 Å². The highest BCUT2D eigenvalue weighted by Crippen LogP contribution is 2.48. The Hall–Kier alpha value is -2.89. The quantitative estimate of drug-likeness (QED) is 0.698. The molecule has 0 saturated heterocycles. The maximum absolute atomic E-state index is 13.1. The van der Waals surface area contributed by atoms with Crippen molar-refractivity contribution in [1.82, 2.24) is 4.90 Å². The summed E-state index contributed by atoms with van der Waals surface area (Å²) in [7, 11) is 0. The van der Waals surface area contributed by atoms with E-state index in [-0.39, 0.29) is 29.7 Å². The van der Waals surface area contributed by atoms with Crippen LogP contribution in [0.4, 0.5) is 14.9 Å². The van der Waals surface area contributed by atoms with E-state index in [1.165, 1.54) is 12.1 Å². The van der Waals surface area contributed by atoms with E-state index in [2.05, 4.69) is 5.32 Å². The minimum Gasteiger partial charge on any atom is -0.444 e. The summed E-state index contributed by atoms with van der Waals surface area (Å²) in [5.74, 6) is -0.347. The van der Waals surface area contributed by atoms with Crippen LogP contribution in [0.5, 0.6) is 0 Å². The number of anilines is 1. The van der Waals surface area contributed by atoms with Gasteiger partial charge in [-0.1, -0.05) is 30.3 Å². The summed E-state index contributed by atoms with van der Waals surface area (Å²) in [5.41, 5.74) is 1.94. The third kappa shape index (κ3) is 5.59. The molecule has 1 aliphatic rings. The van der Waals surface area contributed by atoms with Crippen LogP contribution in [0.3, 0.4) is 0 Å². The molecule has 2 atom stereocenters. The lowest BCUT2D eigenvalue weighted by Crippen LogP contribution is -2.36. The fraction of sp³-hybridized carbons (Fsp3) is 0.417. The van der Waals surface area contributed by atoms with Crippen LogP contribution in [0, 0.1) is 11.7 Å². The van der Waals surface area contributed by atoms with Crippen molar-refractivity contribution in [3.8, 4) is 0 Å². The van der Waals surface area contributed by atoms with Crippen LogP contribution < -0.4 is 5.32 Å². The van der Waals surface area contributed by atoms with Gasteiger partial charge in [0.05, 0.1) is 6.54 Å². The van der Waals surface area contributed by atoms with Crippen LogP contribution in [0.2, 0.25) is 0 Å². The van der Waals surface area contributed by atoms with E-state index < -0.39 is 5.60 Å². The van der Waals surface area contributed by atoms with Gasteiger partial charge in [0.15, 0.2) is 0 Å². The molecule has 6 heteroatoms. The van der Waals surface area contributed by atoms with Gasteiger partial charge in [-0.15, -0.1) is 0 Å². The van der Waals surface area contributed by atoms with Crippen molar-refractivity contribution in [2.24, 2.45) is 5.92 Å². The zero-order valence-corrected chi connectivity index (χ0v) is 17.9. The van der Waals surface area contributed by atoms with E-state index in [0.717, 1.165) is 17.5 Å². The molecule has 0 radical (unpaired) electrons. The third-order valence-corrected chi connectivity index (χ3v) is 5.10. The Morgan fingerprint density at radius 2 is 1.80 bits per heavy atom. The largest absolute Gasteiger partial charge is 0.444 e. The number of hydrogen-bond donors (Lipinski definition) is 1. The molecule has 0 aromatic heterocycles. The van der Waals surface area contributed by atoms with Gasteiger partial charge in [0, 0.05) is 18.2 Å². The molecule has 30 heavy (non-hydrogen) atoms. The normalized spacial score (nSPS) is 17.9. The molecule has 2 unspecified atom stereocenters. The molecule has 1 fully saturated rings. The topological polar surface area (TPSA) is 58.6 Å². The smallest absolute Gasteiger partial charge is 0.410 e. The molecule has 1 aliphatic carbocycles. The van der Waals surface area contributed by atoms with Crippen molar-refractivity contribution >= 4 is 17.7 Å². The van der Waals surface area contributed by atoms with E-state index >= 15 is 0 Å². The lowest BCUT2D eigenvalue weighted by molar-refractivity contribution is -0.117. The number of benzene rings is 2. The average molecular weight is 413 g/mol. The van der Waals surface area contributed by atoms with Gasteiger partial charge in [0.25, 0.3) is 0 Å². The Morgan fingerprint density at radius 3 is 2.43 bits per heavy atom. The van der Waals surface area contributed by atoms with Crippen LogP contribution in [0.15, 0.2) is 48.5 Å². The minimum absolute atomic E-state index is 0.0582. The van der Waals surface area contributed by atoms with Crippen molar-refractivity contribution in [2.45, 2.75) is 52.2 Å². The molecular formula is C24H29FN2O3. The molecule has 0 aliphatic heterocycles. The molecule has 160 valence electrons. The molecule has 2 amide bonds. The monoisotopic (exact) mass is 412 g/mol. The van der Waals surface area contributed by atoms with E-state index in [1.54, 1.807) is 17.0 Å². The number of halogens is 1. The lowest BCUT2D eigenvalue weighted by Gasteiger charge is -2.27. The summed E-state index contributed by atoms with van der Waals surface area (Å²) in [4.78, 5) is 26.8. The first kappa shape index (κ1) is 21.8. The highest BCUT2D eigenvalue weighted by molar-refractivity contribution is 5.95. The zero-order chi connectivity index (χ0) is 21.9. The molecular weight excluding hydrogens is 383 g/mol. The van der Waals surface area contributed by atoms with Crippen LogP contribution in [-0.4, -0.2) is 29.0 Å². The summed E-state index contributed by atoms with van der Waals surface area (Å²) in [5, 5.41) is 3.01. The number of ether oxygens (including phenoxy) is 1. The number of carbonyl (C=O) groups excluding carboxylic acids is 2. The minimum atomic E-state index is -0.570. The molecule has 5 nitrogen and oxygen atoms in total. The second-order valence-electron chi connectivity index (χ2n) is 8.64. The third-order valence-electron chi connectivity index (χ3n) is 5.10. The van der Waals surface area contributed by atoms with Crippen LogP contribution in [-0.2, 0) is 16.1 Å². The van der Waals surface area contributed by atoms with Gasteiger partial charge < -0.3 is 15.0 Å². The van der Waals surface area contributed by atoms with Crippen molar-refractivity contribution in [1.29, 1.82) is 0 Å². The SMILES string of the molecule is CCN(Cc1ccccc1NC(=O)C1CC1c1ccc(F)cc1)C(=O)OC(C)(C)C. The number of hydrogen-bond acceptors (Lipinski definition) is 3. The summed E-state index contributed by atoms with van der Waals surface area (Å²) in [6.07, 6.45) is 0.364. The first-order valence-corrected chi connectivity index (χ1v) is 10.3. The maximum Gasteiger partial charge on any atom is 0.410 e. The average Bonchev–Trinajstić information content (AvgIpc) is 3.47. The second-order valence-corrected chi connectivity index (χ2v) is 8.64. The number of carbonyl (C=O) groups is 2. The van der Waals surface area contributed by atoms with Gasteiger partial charge in [0.1, 0.15) is 11.4 Å².